The fourth-order valence-electron chi connectivity index (χ4n) is 4.59. The normalized spacial score (nSPS) is 14.9. The van der Waals surface area contributed by atoms with Crippen molar-refractivity contribution in [2.24, 2.45) is 11.5 Å². The molecule has 0 radical (unpaired) electrons. The quantitative estimate of drug-likeness (QED) is 0.159. The van der Waals surface area contributed by atoms with Crippen molar-refractivity contribution in [1.82, 2.24) is 9.13 Å². The second-order valence-corrected chi connectivity index (χ2v) is 11.1. The Morgan fingerprint density at radius 3 is 1.50 bits per heavy atom. The lowest BCUT2D eigenvalue weighted by Gasteiger charge is -2.26. The van der Waals surface area contributed by atoms with Gasteiger partial charge in [0.05, 0.1) is 34.2 Å². The second kappa shape index (κ2) is 10.9. The van der Waals surface area contributed by atoms with Gasteiger partial charge >= 0.3 is 11.9 Å². The Bertz CT molecular complexity index is 1550. The number of nitrogens with zero attached hydrogens (tertiary/aromatic N) is 2. The molecule has 4 N–H and O–H groups in total. The average Bonchev–Trinajstić information content (AvgIpc) is 3.27. The molecule has 0 bridgehead atoms. The highest BCUT2D eigenvalue weighted by Crippen LogP contribution is 2.29. The number of aromatic nitrogens is 2. The third-order valence-electron chi connectivity index (χ3n) is 6.24. The zero-order chi connectivity index (χ0) is 29.6. The van der Waals surface area contributed by atoms with Gasteiger partial charge in [0.1, 0.15) is 11.6 Å². The molecule has 2 heterocycles. The molecule has 0 aliphatic rings. The van der Waals surface area contributed by atoms with Crippen LogP contribution in [0.3, 0.4) is 0 Å². The number of hydrogen-bond acceptors (Lipinski definition) is 6. The Labute approximate surface area is 239 Å². The number of carbonyl (C=O) groups excluding carboxylic acids is 2. The van der Waals surface area contributed by atoms with Crippen LogP contribution in [0, 0.1) is 25.5 Å². The molecule has 0 amide bonds. The van der Waals surface area contributed by atoms with Gasteiger partial charge in [-0.15, -0.1) is 0 Å². The molecule has 2 aromatic carbocycles. The predicted octanol–water partition coefficient (Wildman–Crippen LogP) is 5.49. The van der Waals surface area contributed by atoms with Crippen LogP contribution < -0.4 is 11.5 Å². The first kappa shape index (κ1) is 29.5. The summed E-state index contributed by atoms with van der Waals surface area (Å²) in [7, 11) is 0. The molecule has 0 aliphatic carbocycles. The minimum Gasteiger partial charge on any atom is -0.439 e. The molecule has 0 fully saturated rings. The van der Waals surface area contributed by atoms with E-state index in [2.05, 4.69) is 0 Å². The predicted molar refractivity (Wildman–Crippen MR) is 150 cm³/mol. The third kappa shape index (κ3) is 6.47. The monoisotopic (exact) mass is 592 g/mol. The van der Waals surface area contributed by atoms with Crippen molar-refractivity contribution in [2.45, 2.75) is 52.2 Å². The minimum atomic E-state index is -1.49. The highest BCUT2D eigenvalue weighted by atomic mass is 35.5. The smallest absolute Gasteiger partial charge is 0.332 e. The van der Waals surface area contributed by atoms with Gasteiger partial charge in [-0.05, 0) is 63.1 Å². The summed E-state index contributed by atoms with van der Waals surface area (Å²) in [5, 5.41) is 1.20. The zero-order valence-corrected chi connectivity index (χ0v) is 23.7. The van der Waals surface area contributed by atoms with E-state index in [0.29, 0.717) is 21.8 Å². The Morgan fingerprint density at radius 1 is 0.800 bits per heavy atom. The van der Waals surface area contributed by atoms with Crippen molar-refractivity contribution in [2.75, 3.05) is 0 Å². The largest absolute Gasteiger partial charge is 0.439 e. The van der Waals surface area contributed by atoms with Crippen molar-refractivity contribution in [3.8, 4) is 0 Å². The van der Waals surface area contributed by atoms with Crippen LogP contribution >= 0.6 is 23.2 Å². The first-order valence-corrected chi connectivity index (χ1v) is 12.9. The van der Waals surface area contributed by atoms with Crippen LogP contribution in [0.4, 0.5) is 8.78 Å². The summed E-state index contributed by atoms with van der Waals surface area (Å²) >= 11 is 11.9. The summed E-state index contributed by atoms with van der Waals surface area (Å²) in [4.78, 5) is 24.9. The molecule has 0 saturated heterocycles. The Kier molecular flexibility index (Phi) is 8.01. The lowest BCUT2D eigenvalue weighted by molar-refractivity contribution is -0.155. The first-order valence-electron chi connectivity index (χ1n) is 12.2. The van der Waals surface area contributed by atoms with E-state index in [-0.39, 0.29) is 23.1 Å². The van der Waals surface area contributed by atoms with Gasteiger partial charge in [0.25, 0.3) is 0 Å². The third-order valence-corrected chi connectivity index (χ3v) is 6.82. The summed E-state index contributed by atoms with van der Waals surface area (Å²) < 4.78 is 41.9. The first-order chi connectivity index (χ1) is 18.5. The average molecular weight is 593 g/mol. The van der Waals surface area contributed by atoms with E-state index < -0.39 is 35.0 Å². The van der Waals surface area contributed by atoms with Gasteiger partial charge in [-0.1, -0.05) is 23.2 Å². The molecule has 2 aromatic heterocycles. The number of rotatable bonds is 8. The van der Waals surface area contributed by atoms with Crippen molar-refractivity contribution in [3.63, 3.8) is 0 Å². The van der Waals surface area contributed by atoms with Crippen LogP contribution in [-0.2, 0) is 32.2 Å². The Balaban J connectivity index is 1.39. The van der Waals surface area contributed by atoms with Crippen LogP contribution in [0.25, 0.3) is 21.8 Å². The zero-order valence-electron chi connectivity index (χ0n) is 22.2. The summed E-state index contributed by atoms with van der Waals surface area (Å²) in [6.45, 7) is 6.65. The van der Waals surface area contributed by atoms with Gasteiger partial charge in [-0.3, -0.25) is 11.5 Å². The van der Waals surface area contributed by atoms with E-state index in [1.165, 1.54) is 38.1 Å². The van der Waals surface area contributed by atoms with Gasteiger partial charge in [0, 0.05) is 35.3 Å². The highest BCUT2D eigenvalue weighted by molar-refractivity contribution is 6.31. The van der Waals surface area contributed by atoms with Crippen molar-refractivity contribution >= 4 is 56.9 Å². The van der Waals surface area contributed by atoms with Crippen molar-refractivity contribution < 1.29 is 27.8 Å². The van der Waals surface area contributed by atoms with Gasteiger partial charge in [0.2, 0.25) is 0 Å². The van der Waals surface area contributed by atoms with E-state index >= 15 is 0 Å². The van der Waals surface area contributed by atoms with Crippen LogP contribution in [-0.4, -0.2) is 32.5 Å². The molecule has 2 atom stereocenters. The maximum Gasteiger partial charge on any atom is 0.332 e. The summed E-state index contributed by atoms with van der Waals surface area (Å²) in [5.74, 6) is -2.86. The molecule has 212 valence electrons. The molecule has 4 aromatic rings. The molecular weight excluding hydrogens is 565 g/mol. The van der Waals surface area contributed by atoms with E-state index in [0.717, 1.165) is 23.3 Å². The van der Waals surface area contributed by atoms with Gasteiger partial charge < -0.3 is 18.6 Å². The van der Waals surface area contributed by atoms with E-state index in [1.54, 1.807) is 35.4 Å². The molecule has 4 rings (SSSR count). The summed E-state index contributed by atoms with van der Waals surface area (Å²) in [6, 6.07) is 5.61. The molecule has 40 heavy (non-hydrogen) atoms. The van der Waals surface area contributed by atoms with Gasteiger partial charge in [-0.2, -0.15) is 0 Å². The van der Waals surface area contributed by atoms with E-state index in [1.807, 2.05) is 0 Å². The molecule has 0 spiro atoms. The molecule has 8 nitrogen and oxygen atoms in total. The van der Waals surface area contributed by atoms with Crippen LogP contribution in [0.5, 0.6) is 0 Å². The maximum atomic E-state index is 13.9. The van der Waals surface area contributed by atoms with E-state index in [9.17, 15) is 18.4 Å². The number of aryl methyl sites for hydroxylation is 2. The number of hydrogen-bond donors (Lipinski definition) is 2. The van der Waals surface area contributed by atoms with Crippen LogP contribution in [0.15, 0.2) is 48.8 Å². The number of benzene rings is 2. The van der Waals surface area contributed by atoms with Gasteiger partial charge in [-0.25, -0.2) is 18.4 Å². The second-order valence-electron chi connectivity index (χ2n) is 10.2. The number of fused-ring (bicyclic) bond motifs is 2. The number of esters is 2. The number of ether oxygens (including phenoxy) is 2. The lowest BCUT2D eigenvalue weighted by Crippen LogP contribution is -2.45. The number of halogens is 4. The molecule has 0 saturated carbocycles. The van der Waals surface area contributed by atoms with Crippen LogP contribution in [0.2, 0.25) is 10.0 Å². The Morgan fingerprint density at radius 2 is 1.15 bits per heavy atom. The summed E-state index contributed by atoms with van der Waals surface area (Å²) in [5.41, 5.74) is 12.3. The topological polar surface area (TPSA) is 114 Å². The lowest BCUT2D eigenvalue weighted by atomic mass is 10.2. The fourth-order valence-corrected chi connectivity index (χ4v) is 4.91. The molecule has 0 unspecified atom stereocenters. The van der Waals surface area contributed by atoms with Crippen LogP contribution in [0.1, 0.15) is 25.0 Å². The summed E-state index contributed by atoms with van der Waals surface area (Å²) in [6.07, 6.45) is 5.25. The Hall–Kier alpha value is -3.44. The number of carbonyl (C=O) groups is 2. The highest BCUT2D eigenvalue weighted by Gasteiger charge is 2.27. The van der Waals surface area contributed by atoms with Crippen molar-refractivity contribution in [1.29, 1.82) is 0 Å². The standard InChI is InChI=1S/C28H28Cl2F2N4O4/c1-15-11-35(23-9-19(29)21(31)7-17(15)23)13-27(3,33)39-25(37)5-6-26(38)40-28(4,34)14-36-12-16(2)18-8-22(32)20(30)10-24(18)36/h5-12H,13-14,33-34H2,1-4H3/b6-5+/t27-,28-/m0/s1. The van der Waals surface area contributed by atoms with Gasteiger partial charge in [0.15, 0.2) is 11.4 Å². The number of nitrogens with two attached hydrogens (primary N) is 2. The maximum absolute atomic E-state index is 13.9. The van der Waals surface area contributed by atoms with E-state index in [4.69, 9.17) is 44.1 Å². The minimum absolute atomic E-state index is 0.0301. The molecular formula is C28H28Cl2F2N4O4. The molecule has 12 heteroatoms. The van der Waals surface area contributed by atoms with Crippen molar-refractivity contribution in [3.05, 3.63) is 81.6 Å². The SMILES string of the molecule is Cc1cn(C[C@@](C)(N)OC(=O)/C=C/C(=O)O[C@](C)(N)Cn2cc(C)c3cc(F)c(Cl)cc32)c2cc(Cl)c(F)cc12. The molecule has 0 aliphatic heterocycles. The fraction of sp³-hybridized carbons (Fsp3) is 0.286.